The number of halogens is 2. The first-order valence-electron chi connectivity index (χ1n) is 6.66. The molecule has 2 aromatic carbocycles. The first-order chi connectivity index (χ1) is 10.5. The van der Waals surface area contributed by atoms with Crippen LogP contribution in [0.2, 0.25) is 0 Å². The van der Waals surface area contributed by atoms with Crippen molar-refractivity contribution < 1.29 is 19.7 Å². The molecule has 6 heteroatoms. The highest BCUT2D eigenvalue weighted by Crippen LogP contribution is 2.49. The maximum absolute atomic E-state index is 11.5. The molecule has 0 amide bonds. The van der Waals surface area contributed by atoms with Crippen LogP contribution < -0.4 is 4.74 Å². The number of benzene rings is 2. The van der Waals surface area contributed by atoms with Gasteiger partial charge < -0.3 is 14.9 Å². The van der Waals surface area contributed by atoms with E-state index in [1.807, 2.05) is 12.1 Å². The highest BCUT2D eigenvalue weighted by molar-refractivity contribution is 9.11. The summed E-state index contributed by atoms with van der Waals surface area (Å²) in [4.78, 5) is 11.5. The van der Waals surface area contributed by atoms with Crippen molar-refractivity contribution in [1.82, 2.24) is 0 Å². The number of fused-ring (bicyclic) bond motifs is 1. The largest absolute Gasteiger partial charge is 0.505 e. The molecule has 0 radical (unpaired) electrons. The monoisotopic (exact) mass is 426 g/mol. The molecule has 0 fully saturated rings. The van der Waals surface area contributed by atoms with Crippen LogP contribution >= 0.6 is 31.9 Å². The Bertz CT molecular complexity index is 758. The summed E-state index contributed by atoms with van der Waals surface area (Å²) < 4.78 is 6.69. The zero-order chi connectivity index (χ0) is 15.9. The molecule has 114 valence electrons. The third-order valence-electron chi connectivity index (χ3n) is 3.77. The van der Waals surface area contributed by atoms with Crippen LogP contribution in [0, 0.1) is 0 Å². The topological polar surface area (TPSA) is 66.8 Å². The molecule has 1 aliphatic rings. The van der Waals surface area contributed by atoms with Crippen LogP contribution in [0.3, 0.4) is 0 Å². The van der Waals surface area contributed by atoms with Crippen LogP contribution in [0.5, 0.6) is 11.5 Å². The first kappa shape index (κ1) is 15.4. The SMILES string of the molecule is O=C(O)c1ccccc1C1CCOc2c1cc(Br)c(O)c2Br. The number of rotatable bonds is 2. The molecule has 2 N–H and O–H groups in total. The van der Waals surface area contributed by atoms with Gasteiger partial charge >= 0.3 is 5.97 Å². The van der Waals surface area contributed by atoms with Gasteiger partial charge in [0.1, 0.15) is 16.0 Å². The molecule has 0 aromatic heterocycles. The van der Waals surface area contributed by atoms with Crippen molar-refractivity contribution in [2.45, 2.75) is 12.3 Å². The van der Waals surface area contributed by atoms with Crippen molar-refractivity contribution in [2.75, 3.05) is 6.61 Å². The summed E-state index contributed by atoms with van der Waals surface area (Å²) in [6.07, 6.45) is 0.681. The number of phenolic OH excluding ortho intramolecular Hbond substituents is 1. The molecule has 0 saturated heterocycles. The molecule has 4 nitrogen and oxygen atoms in total. The van der Waals surface area contributed by atoms with Gasteiger partial charge in [0.05, 0.1) is 16.6 Å². The molecule has 0 saturated carbocycles. The van der Waals surface area contributed by atoms with Gasteiger partial charge in [-0.05, 0) is 56.0 Å². The second-order valence-electron chi connectivity index (χ2n) is 5.02. The number of carboxylic acids is 1. The second-order valence-corrected chi connectivity index (χ2v) is 6.67. The lowest BCUT2D eigenvalue weighted by atomic mass is 9.84. The van der Waals surface area contributed by atoms with Crippen molar-refractivity contribution in [2.24, 2.45) is 0 Å². The Kier molecular flexibility index (Phi) is 4.14. The van der Waals surface area contributed by atoms with Crippen LogP contribution in [0.4, 0.5) is 0 Å². The fourth-order valence-corrected chi connectivity index (χ4v) is 4.04. The number of ether oxygens (including phenoxy) is 1. The molecular formula is C16H12Br2O4. The normalized spacial score (nSPS) is 16.7. The van der Waals surface area contributed by atoms with Crippen molar-refractivity contribution in [1.29, 1.82) is 0 Å². The maximum atomic E-state index is 11.5. The number of carboxylic acid groups (broad SMARTS) is 1. The molecule has 22 heavy (non-hydrogen) atoms. The van der Waals surface area contributed by atoms with Crippen molar-refractivity contribution in [3.63, 3.8) is 0 Å². The van der Waals surface area contributed by atoms with E-state index in [2.05, 4.69) is 31.9 Å². The standard InChI is InChI=1S/C16H12Br2O4/c17-12-7-11-9(5-6-22-15(11)13(18)14(12)19)8-3-1-2-4-10(8)16(20)21/h1-4,7,9,19H,5-6H2,(H,20,21). The Morgan fingerprint density at radius 1 is 1.23 bits per heavy atom. The van der Waals surface area contributed by atoms with Gasteiger partial charge in [-0.3, -0.25) is 0 Å². The highest BCUT2D eigenvalue weighted by atomic mass is 79.9. The molecule has 0 aliphatic carbocycles. The third kappa shape index (κ3) is 2.50. The Balaban J connectivity index is 2.20. The lowest BCUT2D eigenvalue weighted by Crippen LogP contribution is -2.18. The average molecular weight is 428 g/mol. The summed E-state index contributed by atoms with van der Waals surface area (Å²) in [6.45, 7) is 0.464. The third-order valence-corrected chi connectivity index (χ3v) is 5.11. The minimum atomic E-state index is -0.944. The molecule has 1 heterocycles. The zero-order valence-electron chi connectivity index (χ0n) is 11.3. The number of aromatic carboxylic acids is 1. The Hall–Kier alpha value is -1.53. The van der Waals surface area contributed by atoms with E-state index in [1.165, 1.54) is 0 Å². The van der Waals surface area contributed by atoms with Crippen molar-refractivity contribution >= 4 is 37.8 Å². The minimum Gasteiger partial charge on any atom is -0.505 e. The van der Waals surface area contributed by atoms with Gasteiger partial charge in [-0.25, -0.2) is 4.79 Å². The van der Waals surface area contributed by atoms with E-state index >= 15 is 0 Å². The fraction of sp³-hybridized carbons (Fsp3) is 0.188. The van der Waals surface area contributed by atoms with Crippen LogP contribution in [0.15, 0.2) is 39.3 Å². The second kappa shape index (κ2) is 5.93. The summed E-state index contributed by atoms with van der Waals surface area (Å²) in [5.41, 5.74) is 1.90. The van der Waals surface area contributed by atoms with E-state index in [9.17, 15) is 15.0 Å². The lowest BCUT2D eigenvalue weighted by molar-refractivity contribution is 0.0695. The summed E-state index contributed by atoms with van der Waals surface area (Å²) in [5, 5.41) is 19.4. The molecule has 2 aromatic rings. The number of carbonyl (C=O) groups is 1. The van der Waals surface area contributed by atoms with Gasteiger partial charge in [0.25, 0.3) is 0 Å². The predicted molar refractivity (Wildman–Crippen MR) is 88.9 cm³/mol. The van der Waals surface area contributed by atoms with Crippen LogP contribution in [0.25, 0.3) is 0 Å². The van der Waals surface area contributed by atoms with E-state index in [1.54, 1.807) is 18.2 Å². The van der Waals surface area contributed by atoms with Crippen LogP contribution in [-0.4, -0.2) is 22.8 Å². The molecule has 1 atom stereocenters. The molecule has 1 unspecified atom stereocenters. The predicted octanol–water partition coefficient (Wildman–Crippen LogP) is 4.53. The number of phenols is 1. The summed E-state index contributed by atoms with van der Waals surface area (Å²) in [5.74, 6) is -0.395. The van der Waals surface area contributed by atoms with E-state index < -0.39 is 5.97 Å². The van der Waals surface area contributed by atoms with E-state index in [0.29, 0.717) is 33.3 Å². The number of hydrogen-bond donors (Lipinski definition) is 2. The molecule has 3 rings (SSSR count). The summed E-state index contributed by atoms with van der Waals surface area (Å²) in [7, 11) is 0. The fourth-order valence-electron chi connectivity index (χ4n) is 2.77. The smallest absolute Gasteiger partial charge is 0.335 e. The van der Waals surface area contributed by atoms with Crippen molar-refractivity contribution in [3.8, 4) is 11.5 Å². The molecular weight excluding hydrogens is 416 g/mol. The van der Waals surface area contributed by atoms with Crippen LogP contribution in [-0.2, 0) is 0 Å². The first-order valence-corrected chi connectivity index (χ1v) is 8.25. The van der Waals surface area contributed by atoms with E-state index in [-0.39, 0.29) is 11.7 Å². The zero-order valence-corrected chi connectivity index (χ0v) is 14.5. The maximum Gasteiger partial charge on any atom is 0.335 e. The van der Waals surface area contributed by atoms with Gasteiger partial charge in [-0.1, -0.05) is 18.2 Å². The lowest BCUT2D eigenvalue weighted by Gasteiger charge is -2.28. The summed E-state index contributed by atoms with van der Waals surface area (Å²) in [6, 6.07) is 8.78. The molecule has 0 bridgehead atoms. The Morgan fingerprint density at radius 3 is 2.68 bits per heavy atom. The Morgan fingerprint density at radius 2 is 1.95 bits per heavy atom. The van der Waals surface area contributed by atoms with Gasteiger partial charge in [0, 0.05) is 11.5 Å². The van der Waals surface area contributed by atoms with E-state index in [4.69, 9.17) is 4.74 Å². The van der Waals surface area contributed by atoms with Gasteiger partial charge in [-0.15, -0.1) is 0 Å². The van der Waals surface area contributed by atoms with E-state index in [0.717, 1.165) is 11.1 Å². The molecule has 0 spiro atoms. The Labute approximate surface area is 144 Å². The van der Waals surface area contributed by atoms with Gasteiger partial charge in [0.15, 0.2) is 0 Å². The number of hydrogen-bond acceptors (Lipinski definition) is 3. The van der Waals surface area contributed by atoms with Crippen molar-refractivity contribution in [3.05, 3.63) is 56.0 Å². The average Bonchev–Trinajstić information content (AvgIpc) is 2.52. The quantitative estimate of drug-likeness (QED) is 0.738. The van der Waals surface area contributed by atoms with Gasteiger partial charge in [-0.2, -0.15) is 0 Å². The van der Waals surface area contributed by atoms with Gasteiger partial charge in [0.2, 0.25) is 0 Å². The molecule has 1 aliphatic heterocycles. The number of aromatic hydroxyl groups is 1. The highest BCUT2D eigenvalue weighted by Gasteiger charge is 2.29. The summed E-state index contributed by atoms with van der Waals surface area (Å²) >= 11 is 6.66. The minimum absolute atomic E-state index is 0.0749. The van der Waals surface area contributed by atoms with Crippen LogP contribution in [0.1, 0.15) is 33.8 Å².